The number of ether oxygens (including phenoxy) is 2. The van der Waals surface area contributed by atoms with Gasteiger partial charge in [-0.15, -0.1) is 0 Å². The third-order valence-corrected chi connectivity index (χ3v) is 5.50. The average Bonchev–Trinajstić information content (AvgIpc) is 3.09. The molecule has 0 fully saturated rings. The van der Waals surface area contributed by atoms with Gasteiger partial charge in [-0.2, -0.15) is 0 Å². The number of imidazole rings is 1. The lowest BCUT2D eigenvalue weighted by atomic mass is 10.0. The Labute approximate surface area is 178 Å². The highest BCUT2D eigenvalue weighted by molar-refractivity contribution is 6.04. The molecule has 0 bridgehead atoms. The van der Waals surface area contributed by atoms with Crippen molar-refractivity contribution in [1.29, 1.82) is 0 Å². The first-order chi connectivity index (χ1) is 15.1. The zero-order chi connectivity index (χ0) is 21.5. The first kappa shape index (κ1) is 18.9. The van der Waals surface area contributed by atoms with Crippen LogP contribution in [-0.4, -0.2) is 33.3 Å². The molecule has 154 valence electrons. The second kappa shape index (κ2) is 7.28. The van der Waals surface area contributed by atoms with Crippen LogP contribution in [0.3, 0.4) is 0 Å². The number of aromatic nitrogens is 4. The molecule has 0 N–H and O–H groups in total. The van der Waals surface area contributed by atoms with Gasteiger partial charge in [-0.1, -0.05) is 12.1 Å². The molecule has 0 amide bonds. The van der Waals surface area contributed by atoms with Gasteiger partial charge in [0.25, 0.3) is 0 Å². The van der Waals surface area contributed by atoms with Gasteiger partial charge in [0, 0.05) is 18.6 Å². The van der Waals surface area contributed by atoms with E-state index >= 15 is 0 Å². The molecule has 2 aromatic carbocycles. The summed E-state index contributed by atoms with van der Waals surface area (Å²) in [6.07, 6.45) is 5.11. The number of methoxy groups -OCH3 is 2. The maximum Gasteiger partial charge on any atom is 0.333 e. The quantitative estimate of drug-likeness (QED) is 0.447. The highest BCUT2D eigenvalue weighted by Crippen LogP contribution is 2.34. The van der Waals surface area contributed by atoms with Crippen LogP contribution >= 0.6 is 0 Å². The van der Waals surface area contributed by atoms with E-state index in [0.717, 1.165) is 33.1 Å². The SMILES string of the molecule is COc1ccc(-c2ccc3ncc4c(c3c2)n(-c2cccnc2)c(=O)n4C)cc1OC. The molecule has 0 aliphatic heterocycles. The summed E-state index contributed by atoms with van der Waals surface area (Å²) in [5, 5.41) is 0.881. The van der Waals surface area contributed by atoms with Crippen LogP contribution in [0.25, 0.3) is 38.8 Å². The van der Waals surface area contributed by atoms with Gasteiger partial charge >= 0.3 is 5.69 Å². The minimum atomic E-state index is -0.145. The molecule has 31 heavy (non-hydrogen) atoms. The maximum absolute atomic E-state index is 13.1. The van der Waals surface area contributed by atoms with E-state index in [1.54, 1.807) is 49.0 Å². The highest BCUT2D eigenvalue weighted by atomic mass is 16.5. The Morgan fingerprint density at radius 2 is 1.68 bits per heavy atom. The molecule has 0 unspecified atom stereocenters. The molecule has 0 aliphatic rings. The van der Waals surface area contributed by atoms with Crippen molar-refractivity contribution in [1.82, 2.24) is 19.1 Å². The van der Waals surface area contributed by atoms with Crippen LogP contribution in [0.2, 0.25) is 0 Å². The third kappa shape index (κ3) is 2.93. The van der Waals surface area contributed by atoms with E-state index < -0.39 is 0 Å². The van der Waals surface area contributed by atoms with Crippen molar-refractivity contribution in [3.05, 3.63) is 77.6 Å². The number of pyridine rings is 2. The van der Waals surface area contributed by atoms with Gasteiger partial charge in [0.15, 0.2) is 11.5 Å². The molecular formula is C24H20N4O3. The van der Waals surface area contributed by atoms with Gasteiger partial charge in [0.05, 0.1) is 48.9 Å². The molecular weight excluding hydrogens is 392 g/mol. The summed E-state index contributed by atoms with van der Waals surface area (Å²) in [5.41, 5.74) is 4.88. The topological polar surface area (TPSA) is 71.2 Å². The Morgan fingerprint density at radius 3 is 2.42 bits per heavy atom. The van der Waals surface area contributed by atoms with Gasteiger partial charge in [-0.25, -0.2) is 4.79 Å². The molecule has 0 saturated heterocycles. The second-order valence-corrected chi connectivity index (χ2v) is 7.18. The molecule has 3 aromatic heterocycles. The largest absolute Gasteiger partial charge is 0.493 e. The first-order valence-electron chi connectivity index (χ1n) is 9.75. The Morgan fingerprint density at radius 1 is 0.903 bits per heavy atom. The van der Waals surface area contributed by atoms with Crippen LogP contribution in [-0.2, 0) is 7.05 Å². The van der Waals surface area contributed by atoms with Crippen LogP contribution < -0.4 is 15.2 Å². The minimum absolute atomic E-state index is 0.145. The van der Waals surface area contributed by atoms with Crippen LogP contribution in [0.1, 0.15) is 0 Å². The number of aryl methyl sites for hydroxylation is 1. The normalized spacial score (nSPS) is 11.2. The van der Waals surface area contributed by atoms with Gasteiger partial charge < -0.3 is 9.47 Å². The van der Waals surface area contributed by atoms with Crippen LogP contribution in [0.15, 0.2) is 71.9 Å². The molecule has 0 saturated carbocycles. The summed E-state index contributed by atoms with van der Waals surface area (Å²) in [7, 11) is 4.98. The fourth-order valence-corrected chi connectivity index (χ4v) is 3.92. The van der Waals surface area contributed by atoms with Crippen molar-refractivity contribution in [2.24, 2.45) is 7.05 Å². The minimum Gasteiger partial charge on any atom is -0.493 e. The molecule has 0 radical (unpaired) electrons. The van der Waals surface area contributed by atoms with E-state index in [2.05, 4.69) is 16.0 Å². The molecule has 5 rings (SSSR count). The zero-order valence-corrected chi connectivity index (χ0v) is 17.4. The van der Waals surface area contributed by atoms with E-state index in [1.807, 2.05) is 42.5 Å². The first-order valence-corrected chi connectivity index (χ1v) is 9.75. The predicted octanol–water partition coefficient (Wildman–Crippen LogP) is 3.96. The lowest BCUT2D eigenvalue weighted by molar-refractivity contribution is 0.355. The standard InChI is InChI=1S/C24H20N4O3/c1-27-20-14-26-19-8-6-15(16-7-9-21(30-2)22(12-16)31-3)11-18(19)23(20)28(24(27)29)17-5-4-10-25-13-17/h4-14H,1-3H3. The summed E-state index contributed by atoms with van der Waals surface area (Å²) in [6.45, 7) is 0. The van der Waals surface area contributed by atoms with E-state index in [4.69, 9.17) is 9.47 Å². The molecule has 0 spiro atoms. The molecule has 7 nitrogen and oxygen atoms in total. The molecule has 0 atom stereocenters. The number of hydrogen-bond donors (Lipinski definition) is 0. The monoisotopic (exact) mass is 412 g/mol. The van der Waals surface area contributed by atoms with Crippen molar-refractivity contribution in [3.63, 3.8) is 0 Å². The number of hydrogen-bond acceptors (Lipinski definition) is 5. The summed E-state index contributed by atoms with van der Waals surface area (Å²) >= 11 is 0. The molecule has 3 heterocycles. The summed E-state index contributed by atoms with van der Waals surface area (Å²) in [4.78, 5) is 21.9. The molecule has 5 aromatic rings. The predicted molar refractivity (Wildman–Crippen MR) is 120 cm³/mol. The number of nitrogens with zero attached hydrogens (tertiary/aromatic N) is 4. The Bertz CT molecular complexity index is 1490. The van der Waals surface area contributed by atoms with E-state index in [1.165, 1.54) is 0 Å². The van der Waals surface area contributed by atoms with Crippen molar-refractivity contribution < 1.29 is 9.47 Å². The van der Waals surface area contributed by atoms with Gasteiger partial charge in [0.1, 0.15) is 0 Å². The van der Waals surface area contributed by atoms with Crippen LogP contribution in [0, 0.1) is 0 Å². The van der Waals surface area contributed by atoms with Gasteiger partial charge in [-0.05, 0) is 47.5 Å². The van der Waals surface area contributed by atoms with Crippen molar-refractivity contribution in [2.45, 2.75) is 0 Å². The molecule has 7 heteroatoms. The summed E-state index contributed by atoms with van der Waals surface area (Å²) < 4.78 is 14.1. The average molecular weight is 412 g/mol. The van der Waals surface area contributed by atoms with E-state index in [-0.39, 0.29) is 5.69 Å². The third-order valence-electron chi connectivity index (χ3n) is 5.50. The van der Waals surface area contributed by atoms with Crippen LogP contribution in [0.5, 0.6) is 11.5 Å². The Balaban J connectivity index is 1.82. The molecule has 0 aliphatic carbocycles. The Kier molecular flexibility index (Phi) is 4.43. The zero-order valence-electron chi connectivity index (χ0n) is 17.4. The van der Waals surface area contributed by atoms with Gasteiger partial charge in [0.2, 0.25) is 0 Å². The second-order valence-electron chi connectivity index (χ2n) is 7.18. The van der Waals surface area contributed by atoms with Crippen LogP contribution in [0.4, 0.5) is 0 Å². The summed E-state index contributed by atoms with van der Waals surface area (Å²) in [6, 6.07) is 15.5. The summed E-state index contributed by atoms with van der Waals surface area (Å²) in [5.74, 6) is 1.33. The number of rotatable bonds is 4. The number of fused-ring (bicyclic) bond motifs is 3. The van der Waals surface area contributed by atoms with Gasteiger partial charge in [-0.3, -0.25) is 19.1 Å². The lowest BCUT2D eigenvalue weighted by Crippen LogP contribution is -2.20. The highest BCUT2D eigenvalue weighted by Gasteiger charge is 2.17. The van der Waals surface area contributed by atoms with E-state index in [9.17, 15) is 4.79 Å². The van der Waals surface area contributed by atoms with Crippen molar-refractivity contribution >= 4 is 21.9 Å². The smallest absolute Gasteiger partial charge is 0.333 e. The fourth-order valence-electron chi connectivity index (χ4n) is 3.92. The van der Waals surface area contributed by atoms with Crippen molar-refractivity contribution in [2.75, 3.05) is 14.2 Å². The van der Waals surface area contributed by atoms with Crippen molar-refractivity contribution in [3.8, 4) is 28.3 Å². The maximum atomic E-state index is 13.1. The Hall–Kier alpha value is -4.13. The fraction of sp³-hybridized carbons (Fsp3) is 0.125. The van der Waals surface area contributed by atoms with E-state index in [0.29, 0.717) is 17.2 Å². The lowest BCUT2D eigenvalue weighted by Gasteiger charge is -2.11. The number of benzene rings is 2.